The fourth-order valence-corrected chi connectivity index (χ4v) is 3.16. The maximum Gasteiger partial charge on any atom is 0.293 e. The Morgan fingerprint density at radius 1 is 1.42 bits per heavy atom. The van der Waals surface area contributed by atoms with Crippen LogP contribution in [0.5, 0.6) is 0 Å². The highest BCUT2D eigenvalue weighted by atomic mass is 16.5. The lowest BCUT2D eigenvalue weighted by molar-refractivity contribution is -0.144. The molecule has 132 valence electrons. The number of hydrogen-bond acceptors (Lipinski definition) is 6. The highest BCUT2D eigenvalue weighted by Gasteiger charge is 2.35. The molecule has 0 radical (unpaired) electrons. The quantitative estimate of drug-likeness (QED) is 0.823. The maximum atomic E-state index is 12.6. The van der Waals surface area contributed by atoms with Crippen molar-refractivity contribution >= 4 is 11.7 Å². The van der Waals surface area contributed by atoms with Crippen LogP contribution in [0.4, 0.5) is 5.82 Å². The molecule has 0 unspecified atom stereocenters. The van der Waals surface area contributed by atoms with E-state index in [1.807, 2.05) is 11.8 Å². The SMILES string of the molecule is C[C@@H]1OCC[C@@H]1C(=O)N1CCO[C@@H](CNc2nccn(C)c2=O)C1. The molecule has 2 aliphatic rings. The molecule has 0 saturated carbocycles. The van der Waals surface area contributed by atoms with Crippen molar-refractivity contribution in [3.63, 3.8) is 0 Å². The van der Waals surface area contributed by atoms with Gasteiger partial charge in [0.2, 0.25) is 5.91 Å². The number of aryl methyl sites for hydroxylation is 1. The summed E-state index contributed by atoms with van der Waals surface area (Å²) in [6.45, 7) is 4.65. The van der Waals surface area contributed by atoms with Gasteiger partial charge in [-0.15, -0.1) is 0 Å². The summed E-state index contributed by atoms with van der Waals surface area (Å²) < 4.78 is 12.7. The first-order chi connectivity index (χ1) is 11.6. The molecule has 1 aromatic rings. The van der Waals surface area contributed by atoms with E-state index in [0.717, 1.165) is 6.42 Å². The summed E-state index contributed by atoms with van der Waals surface area (Å²) in [4.78, 5) is 30.5. The smallest absolute Gasteiger partial charge is 0.293 e. The van der Waals surface area contributed by atoms with Gasteiger partial charge in [0.25, 0.3) is 5.56 Å². The van der Waals surface area contributed by atoms with Crippen LogP contribution in [0.1, 0.15) is 13.3 Å². The first-order valence-electron chi connectivity index (χ1n) is 8.33. The molecular weight excluding hydrogens is 312 g/mol. The zero-order valence-electron chi connectivity index (χ0n) is 14.1. The number of nitrogens with zero attached hydrogens (tertiary/aromatic N) is 3. The van der Waals surface area contributed by atoms with Crippen LogP contribution in [0.15, 0.2) is 17.2 Å². The second kappa shape index (κ2) is 7.31. The number of hydrogen-bond donors (Lipinski definition) is 1. The standard InChI is InChI=1S/C16H24N4O4/c1-11-13(3-7-23-11)15(21)20-6-8-24-12(10-20)9-18-14-16(22)19(2)5-4-17-14/h4-5,11-13H,3,6-10H2,1-2H3,(H,17,18)/t11-,12-,13-/m0/s1. The molecule has 2 fully saturated rings. The zero-order valence-corrected chi connectivity index (χ0v) is 14.1. The van der Waals surface area contributed by atoms with Gasteiger partial charge in [0.1, 0.15) is 0 Å². The van der Waals surface area contributed by atoms with E-state index in [1.54, 1.807) is 19.4 Å². The fourth-order valence-electron chi connectivity index (χ4n) is 3.16. The lowest BCUT2D eigenvalue weighted by atomic mass is 10.0. The van der Waals surface area contributed by atoms with Crippen molar-refractivity contribution in [1.82, 2.24) is 14.5 Å². The molecule has 3 heterocycles. The van der Waals surface area contributed by atoms with Crippen LogP contribution in [0.25, 0.3) is 0 Å². The predicted molar refractivity (Wildman–Crippen MR) is 87.8 cm³/mol. The highest BCUT2D eigenvalue weighted by molar-refractivity contribution is 5.79. The van der Waals surface area contributed by atoms with Crippen molar-refractivity contribution < 1.29 is 14.3 Å². The number of ether oxygens (including phenoxy) is 2. The van der Waals surface area contributed by atoms with Crippen LogP contribution in [0, 0.1) is 5.92 Å². The molecule has 2 saturated heterocycles. The number of morpholine rings is 1. The van der Waals surface area contributed by atoms with E-state index in [2.05, 4.69) is 10.3 Å². The average Bonchev–Trinajstić information content (AvgIpc) is 3.02. The molecule has 0 aromatic carbocycles. The maximum absolute atomic E-state index is 12.6. The van der Waals surface area contributed by atoms with Gasteiger partial charge in [-0.25, -0.2) is 4.98 Å². The first kappa shape index (κ1) is 16.9. The molecule has 3 rings (SSSR count). The highest BCUT2D eigenvalue weighted by Crippen LogP contribution is 2.23. The summed E-state index contributed by atoms with van der Waals surface area (Å²) >= 11 is 0. The van der Waals surface area contributed by atoms with Gasteiger partial charge in [0.05, 0.1) is 24.7 Å². The van der Waals surface area contributed by atoms with Gasteiger partial charge in [-0.2, -0.15) is 0 Å². The van der Waals surface area contributed by atoms with Crippen molar-refractivity contribution in [2.45, 2.75) is 25.6 Å². The molecule has 0 aliphatic carbocycles. The van der Waals surface area contributed by atoms with Crippen LogP contribution in [0.3, 0.4) is 0 Å². The van der Waals surface area contributed by atoms with Crippen molar-refractivity contribution in [3.05, 3.63) is 22.7 Å². The molecule has 1 aromatic heterocycles. The Labute approximate surface area is 140 Å². The van der Waals surface area contributed by atoms with Crippen molar-refractivity contribution in [3.8, 4) is 0 Å². The van der Waals surface area contributed by atoms with Crippen molar-refractivity contribution in [1.29, 1.82) is 0 Å². The third-order valence-corrected chi connectivity index (χ3v) is 4.66. The summed E-state index contributed by atoms with van der Waals surface area (Å²) in [6, 6.07) is 0. The summed E-state index contributed by atoms with van der Waals surface area (Å²) in [5, 5.41) is 3.03. The summed E-state index contributed by atoms with van der Waals surface area (Å²) in [7, 11) is 1.68. The van der Waals surface area contributed by atoms with Gasteiger partial charge in [0.15, 0.2) is 5.82 Å². The van der Waals surface area contributed by atoms with E-state index < -0.39 is 0 Å². The molecule has 1 amide bonds. The zero-order chi connectivity index (χ0) is 17.1. The normalized spacial score (nSPS) is 27.2. The predicted octanol–water partition coefficient (Wildman–Crippen LogP) is -0.155. The minimum Gasteiger partial charge on any atom is -0.378 e. The van der Waals surface area contributed by atoms with Crippen LogP contribution < -0.4 is 10.9 Å². The van der Waals surface area contributed by atoms with E-state index in [-0.39, 0.29) is 29.6 Å². The van der Waals surface area contributed by atoms with Gasteiger partial charge in [-0.1, -0.05) is 0 Å². The molecule has 8 nitrogen and oxygen atoms in total. The van der Waals surface area contributed by atoms with Gasteiger partial charge in [-0.3, -0.25) is 9.59 Å². The second-order valence-corrected chi connectivity index (χ2v) is 6.32. The summed E-state index contributed by atoms with van der Waals surface area (Å²) in [5.74, 6) is 0.381. The number of carbonyl (C=O) groups is 1. The number of nitrogens with one attached hydrogen (secondary N) is 1. The molecule has 8 heteroatoms. The van der Waals surface area contributed by atoms with Crippen molar-refractivity contribution in [2.75, 3.05) is 38.2 Å². The fraction of sp³-hybridized carbons (Fsp3) is 0.688. The Morgan fingerprint density at radius 2 is 2.25 bits per heavy atom. The van der Waals surface area contributed by atoms with E-state index in [4.69, 9.17) is 9.47 Å². The largest absolute Gasteiger partial charge is 0.378 e. The Kier molecular flexibility index (Phi) is 5.15. The number of rotatable bonds is 4. The van der Waals surface area contributed by atoms with Crippen molar-refractivity contribution in [2.24, 2.45) is 13.0 Å². The molecule has 1 N–H and O–H groups in total. The van der Waals surface area contributed by atoms with Gasteiger partial charge < -0.3 is 24.3 Å². The third kappa shape index (κ3) is 3.59. The lowest BCUT2D eigenvalue weighted by Gasteiger charge is -2.35. The van der Waals surface area contributed by atoms with Crippen LogP contribution in [-0.2, 0) is 21.3 Å². The number of amides is 1. The summed E-state index contributed by atoms with van der Waals surface area (Å²) in [6.07, 6.45) is 3.78. The number of anilines is 1. The number of aromatic nitrogens is 2. The summed E-state index contributed by atoms with van der Waals surface area (Å²) in [5.41, 5.74) is -0.182. The van der Waals surface area contributed by atoms with E-state index in [0.29, 0.717) is 38.7 Å². The third-order valence-electron chi connectivity index (χ3n) is 4.66. The van der Waals surface area contributed by atoms with E-state index in [9.17, 15) is 9.59 Å². The Bertz CT molecular complexity index is 647. The number of carbonyl (C=O) groups excluding carboxylic acids is 1. The van der Waals surface area contributed by atoms with Crippen LogP contribution in [-0.4, -0.2) is 65.4 Å². The molecule has 0 spiro atoms. The van der Waals surface area contributed by atoms with E-state index in [1.165, 1.54) is 4.57 Å². The molecule has 0 bridgehead atoms. The first-order valence-corrected chi connectivity index (χ1v) is 8.33. The van der Waals surface area contributed by atoms with Gasteiger partial charge in [0, 0.05) is 45.7 Å². The minimum atomic E-state index is -0.182. The molecule has 3 atom stereocenters. The molecule has 2 aliphatic heterocycles. The monoisotopic (exact) mass is 336 g/mol. The van der Waals surface area contributed by atoms with Gasteiger partial charge >= 0.3 is 0 Å². The molecule has 24 heavy (non-hydrogen) atoms. The Hall–Kier alpha value is -1.93. The molecular formula is C16H24N4O4. The van der Waals surface area contributed by atoms with Crippen LogP contribution >= 0.6 is 0 Å². The topological polar surface area (TPSA) is 85.7 Å². The lowest BCUT2D eigenvalue weighted by Crippen LogP contribution is -2.50. The Morgan fingerprint density at radius 3 is 3.00 bits per heavy atom. The van der Waals surface area contributed by atoms with Crippen LogP contribution in [0.2, 0.25) is 0 Å². The minimum absolute atomic E-state index is 0.0199. The second-order valence-electron chi connectivity index (χ2n) is 6.32. The van der Waals surface area contributed by atoms with E-state index >= 15 is 0 Å². The Balaban J connectivity index is 1.56. The average molecular weight is 336 g/mol. The van der Waals surface area contributed by atoms with Gasteiger partial charge in [-0.05, 0) is 13.3 Å².